The van der Waals surface area contributed by atoms with Crippen LogP contribution in [0.2, 0.25) is 0 Å². The molecule has 0 bridgehead atoms. The fourth-order valence-electron chi connectivity index (χ4n) is 0.635. The van der Waals surface area contributed by atoms with E-state index in [4.69, 9.17) is 10.2 Å². The second-order valence-corrected chi connectivity index (χ2v) is 2.75. The van der Waals surface area contributed by atoms with Crippen molar-refractivity contribution < 1.29 is 10.2 Å². The van der Waals surface area contributed by atoms with Crippen molar-refractivity contribution in [3.05, 3.63) is 12.2 Å². The molecule has 0 amide bonds. The van der Waals surface area contributed by atoms with E-state index in [1.807, 2.05) is 6.92 Å². The van der Waals surface area contributed by atoms with E-state index in [0.717, 1.165) is 18.5 Å². The molecular weight excluding hydrogens is 142 g/mol. The van der Waals surface area contributed by atoms with Crippen LogP contribution in [-0.2, 0) is 0 Å². The Labute approximate surface area is 67.7 Å². The summed E-state index contributed by atoms with van der Waals surface area (Å²) < 4.78 is 0. The summed E-state index contributed by atoms with van der Waals surface area (Å²) in [6, 6.07) is 0. The topological polar surface area (TPSA) is 52.5 Å². The molecule has 0 rings (SSSR count). The maximum absolute atomic E-state index is 8.89. The zero-order valence-electron chi connectivity index (χ0n) is 7.01. The highest BCUT2D eigenvalue weighted by Gasteiger charge is 1.98. The van der Waals surface area contributed by atoms with Crippen LogP contribution >= 0.6 is 0 Å². The minimum absolute atomic E-state index is 0.180. The molecule has 0 aliphatic heterocycles. The maximum atomic E-state index is 8.89. The highest BCUT2D eigenvalue weighted by molar-refractivity contribution is 4.88. The molecule has 0 aliphatic rings. The lowest BCUT2D eigenvalue weighted by Gasteiger charge is -2.07. The van der Waals surface area contributed by atoms with Crippen molar-refractivity contribution in [1.82, 2.24) is 5.32 Å². The average Bonchev–Trinajstić information content (AvgIpc) is 1.97. The van der Waals surface area contributed by atoms with Crippen molar-refractivity contribution in [2.75, 3.05) is 19.7 Å². The van der Waals surface area contributed by atoms with Crippen molar-refractivity contribution in [3.63, 3.8) is 0 Å². The molecule has 0 saturated carbocycles. The zero-order chi connectivity index (χ0) is 8.69. The first-order chi connectivity index (χ1) is 5.16. The zero-order valence-corrected chi connectivity index (χ0v) is 7.01. The van der Waals surface area contributed by atoms with E-state index in [-0.39, 0.29) is 6.61 Å². The van der Waals surface area contributed by atoms with Crippen LogP contribution in [0.1, 0.15) is 13.3 Å². The van der Waals surface area contributed by atoms with Gasteiger partial charge in [0.2, 0.25) is 0 Å². The Kier molecular flexibility index (Phi) is 6.12. The molecular formula is C8H17NO2. The molecule has 0 fully saturated rings. The fraction of sp³-hybridized carbons (Fsp3) is 0.750. The van der Waals surface area contributed by atoms with Crippen LogP contribution in [0.15, 0.2) is 12.2 Å². The molecule has 3 heteroatoms. The molecule has 11 heavy (non-hydrogen) atoms. The standard InChI is InChI=1S/C8H17NO2/c1-7(2)3-4-9-5-8(11)6-10/h8-11H,1,3-6H2,2H3. The largest absolute Gasteiger partial charge is 0.394 e. The number of rotatable bonds is 6. The van der Waals surface area contributed by atoms with Gasteiger partial charge in [0.25, 0.3) is 0 Å². The first-order valence-corrected chi connectivity index (χ1v) is 3.81. The minimum atomic E-state index is -0.639. The normalized spacial score (nSPS) is 13.0. The van der Waals surface area contributed by atoms with E-state index in [2.05, 4.69) is 11.9 Å². The van der Waals surface area contributed by atoms with Crippen molar-refractivity contribution in [1.29, 1.82) is 0 Å². The Morgan fingerprint density at radius 1 is 1.64 bits per heavy atom. The van der Waals surface area contributed by atoms with Gasteiger partial charge < -0.3 is 15.5 Å². The molecule has 1 unspecified atom stereocenters. The Bertz CT molecular complexity index is 115. The third kappa shape index (κ3) is 7.52. The summed E-state index contributed by atoms with van der Waals surface area (Å²) in [6.45, 7) is 6.78. The lowest BCUT2D eigenvalue weighted by molar-refractivity contribution is 0.0947. The Morgan fingerprint density at radius 3 is 2.73 bits per heavy atom. The third-order valence-electron chi connectivity index (χ3n) is 1.32. The molecule has 1 atom stereocenters. The molecule has 66 valence electrons. The summed E-state index contributed by atoms with van der Waals surface area (Å²) in [6.07, 6.45) is 0.276. The molecule has 0 radical (unpaired) electrons. The van der Waals surface area contributed by atoms with Gasteiger partial charge in [-0.1, -0.05) is 5.57 Å². The number of aliphatic hydroxyl groups is 2. The van der Waals surface area contributed by atoms with Gasteiger partial charge >= 0.3 is 0 Å². The van der Waals surface area contributed by atoms with Crippen molar-refractivity contribution in [2.45, 2.75) is 19.4 Å². The molecule has 3 N–H and O–H groups in total. The Balaban J connectivity index is 3.08. The lowest BCUT2D eigenvalue weighted by atomic mass is 10.2. The second-order valence-electron chi connectivity index (χ2n) is 2.75. The number of hydrogen-bond donors (Lipinski definition) is 3. The average molecular weight is 159 g/mol. The van der Waals surface area contributed by atoms with Crippen LogP contribution in [0.5, 0.6) is 0 Å². The van der Waals surface area contributed by atoms with E-state index in [9.17, 15) is 0 Å². The van der Waals surface area contributed by atoms with Crippen LogP contribution in [0.25, 0.3) is 0 Å². The van der Waals surface area contributed by atoms with Crippen molar-refractivity contribution >= 4 is 0 Å². The summed E-state index contributed by atoms with van der Waals surface area (Å²) in [5.74, 6) is 0. The van der Waals surface area contributed by atoms with Crippen LogP contribution < -0.4 is 5.32 Å². The van der Waals surface area contributed by atoms with Gasteiger partial charge in [0, 0.05) is 6.54 Å². The second kappa shape index (κ2) is 6.34. The van der Waals surface area contributed by atoms with Crippen LogP contribution in [0.3, 0.4) is 0 Å². The van der Waals surface area contributed by atoms with E-state index in [1.54, 1.807) is 0 Å². The predicted octanol–water partition coefficient (Wildman–Crippen LogP) is -0.105. The summed E-state index contributed by atoms with van der Waals surface area (Å²) in [4.78, 5) is 0. The number of aliphatic hydroxyl groups excluding tert-OH is 2. The molecule has 0 aromatic heterocycles. The smallest absolute Gasteiger partial charge is 0.0894 e. The molecule has 0 spiro atoms. The molecule has 0 aromatic rings. The Hall–Kier alpha value is -0.380. The molecule has 0 saturated heterocycles. The maximum Gasteiger partial charge on any atom is 0.0894 e. The van der Waals surface area contributed by atoms with E-state index < -0.39 is 6.10 Å². The van der Waals surface area contributed by atoms with Gasteiger partial charge in [-0.2, -0.15) is 0 Å². The van der Waals surface area contributed by atoms with Crippen molar-refractivity contribution in [2.24, 2.45) is 0 Å². The minimum Gasteiger partial charge on any atom is -0.394 e. The van der Waals surface area contributed by atoms with Gasteiger partial charge in [-0.3, -0.25) is 0 Å². The van der Waals surface area contributed by atoms with Gasteiger partial charge in [0.15, 0.2) is 0 Å². The summed E-state index contributed by atoms with van der Waals surface area (Å²) in [7, 11) is 0. The quantitative estimate of drug-likeness (QED) is 0.374. The summed E-state index contributed by atoms with van der Waals surface area (Å²) in [5.41, 5.74) is 1.12. The lowest BCUT2D eigenvalue weighted by Crippen LogP contribution is -2.29. The Morgan fingerprint density at radius 2 is 2.27 bits per heavy atom. The van der Waals surface area contributed by atoms with Crippen LogP contribution in [0.4, 0.5) is 0 Å². The van der Waals surface area contributed by atoms with E-state index in [1.165, 1.54) is 0 Å². The van der Waals surface area contributed by atoms with Gasteiger partial charge in [-0.05, 0) is 19.9 Å². The molecule has 0 aliphatic carbocycles. The highest BCUT2D eigenvalue weighted by Crippen LogP contribution is 1.91. The predicted molar refractivity (Wildman–Crippen MR) is 45.4 cm³/mol. The summed E-state index contributed by atoms with van der Waals surface area (Å²) in [5, 5.41) is 20.3. The third-order valence-corrected chi connectivity index (χ3v) is 1.32. The number of nitrogens with one attached hydrogen (secondary N) is 1. The van der Waals surface area contributed by atoms with E-state index >= 15 is 0 Å². The number of hydrogen-bond acceptors (Lipinski definition) is 3. The molecule has 3 nitrogen and oxygen atoms in total. The van der Waals surface area contributed by atoms with E-state index in [0.29, 0.717) is 6.54 Å². The SMILES string of the molecule is C=C(C)CCNCC(O)CO. The molecule has 0 heterocycles. The van der Waals surface area contributed by atoms with Gasteiger partial charge in [-0.15, -0.1) is 6.58 Å². The summed E-state index contributed by atoms with van der Waals surface area (Å²) >= 11 is 0. The highest BCUT2D eigenvalue weighted by atomic mass is 16.3. The van der Waals surface area contributed by atoms with Gasteiger partial charge in [-0.25, -0.2) is 0 Å². The van der Waals surface area contributed by atoms with Gasteiger partial charge in [0.1, 0.15) is 0 Å². The monoisotopic (exact) mass is 159 g/mol. The first kappa shape index (κ1) is 10.6. The van der Waals surface area contributed by atoms with Crippen LogP contribution in [-0.4, -0.2) is 36.0 Å². The van der Waals surface area contributed by atoms with Gasteiger partial charge in [0.05, 0.1) is 12.7 Å². The first-order valence-electron chi connectivity index (χ1n) is 3.81. The van der Waals surface area contributed by atoms with Crippen LogP contribution in [0, 0.1) is 0 Å². The molecule has 0 aromatic carbocycles. The fourth-order valence-corrected chi connectivity index (χ4v) is 0.635. The van der Waals surface area contributed by atoms with Crippen molar-refractivity contribution in [3.8, 4) is 0 Å².